The molecule has 2 aliphatic rings. The van der Waals surface area contributed by atoms with Gasteiger partial charge >= 0.3 is 0 Å². The fourth-order valence-electron chi connectivity index (χ4n) is 1.72. The number of rotatable bonds is 3. The van der Waals surface area contributed by atoms with Crippen LogP contribution in [0.2, 0.25) is 0 Å². The standard InChI is InChI=1S/C10H14N2O/c1-2-8(1)9-6-12-10(13-9)3-7-4-11-5-7/h6-8,11H,1-5H2. The Bertz CT molecular complexity index is 300. The highest BCUT2D eigenvalue weighted by molar-refractivity contribution is 5.08. The molecule has 3 rings (SSSR count). The summed E-state index contributed by atoms with van der Waals surface area (Å²) in [7, 11) is 0. The van der Waals surface area contributed by atoms with E-state index in [0.29, 0.717) is 5.92 Å². The van der Waals surface area contributed by atoms with E-state index in [1.807, 2.05) is 6.20 Å². The average Bonchev–Trinajstić information content (AvgIpc) is 2.80. The van der Waals surface area contributed by atoms with E-state index in [4.69, 9.17) is 4.42 Å². The predicted octanol–water partition coefficient (Wildman–Crippen LogP) is 1.31. The SMILES string of the molecule is c1nc(CC2CNC2)oc1C1CC1. The first-order valence-corrected chi connectivity index (χ1v) is 5.07. The third kappa shape index (κ3) is 1.48. The minimum absolute atomic E-state index is 0.695. The molecular weight excluding hydrogens is 164 g/mol. The maximum atomic E-state index is 5.68. The van der Waals surface area contributed by atoms with Crippen LogP contribution in [0.3, 0.4) is 0 Å². The van der Waals surface area contributed by atoms with Gasteiger partial charge in [-0.05, 0) is 31.8 Å². The van der Waals surface area contributed by atoms with Gasteiger partial charge in [-0.2, -0.15) is 0 Å². The summed E-state index contributed by atoms with van der Waals surface area (Å²) >= 11 is 0. The number of hydrogen-bond donors (Lipinski definition) is 1. The highest BCUT2D eigenvalue weighted by Crippen LogP contribution is 2.40. The second kappa shape index (κ2) is 2.84. The van der Waals surface area contributed by atoms with Crippen LogP contribution < -0.4 is 5.32 Å². The van der Waals surface area contributed by atoms with Crippen LogP contribution in [0.4, 0.5) is 0 Å². The molecule has 1 saturated carbocycles. The maximum Gasteiger partial charge on any atom is 0.194 e. The summed E-state index contributed by atoms with van der Waals surface area (Å²) in [5.74, 6) is 3.50. The van der Waals surface area contributed by atoms with E-state index >= 15 is 0 Å². The Kier molecular flexibility index (Phi) is 1.65. The van der Waals surface area contributed by atoms with Gasteiger partial charge in [0, 0.05) is 12.3 Å². The first-order chi connectivity index (χ1) is 6.42. The summed E-state index contributed by atoms with van der Waals surface area (Å²) in [4.78, 5) is 4.30. The van der Waals surface area contributed by atoms with Crippen molar-refractivity contribution in [3.8, 4) is 0 Å². The highest BCUT2D eigenvalue weighted by Gasteiger charge is 2.28. The van der Waals surface area contributed by atoms with Crippen LogP contribution in [0, 0.1) is 5.92 Å². The normalized spacial score (nSPS) is 23.1. The van der Waals surface area contributed by atoms with E-state index < -0.39 is 0 Å². The third-order valence-corrected chi connectivity index (χ3v) is 2.88. The van der Waals surface area contributed by atoms with E-state index in [1.54, 1.807) is 0 Å². The highest BCUT2D eigenvalue weighted by atomic mass is 16.4. The van der Waals surface area contributed by atoms with Gasteiger partial charge in [-0.1, -0.05) is 0 Å². The molecule has 0 bridgehead atoms. The van der Waals surface area contributed by atoms with Crippen LogP contribution in [0.15, 0.2) is 10.6 Å². The zero-order valence-electron chi connectivity index (χ0n) is 7.62. The Morgan fingerprint density at radius 3 is 2.92 bits per heavy atom. The van der Waals surface area contributed by atoms with Gasteiger partial charge < -0.3 is 9.73 Å². The topological polar surface area (TPSA) is 38.1 Å². The summed E-state index contributed by atoms with van der Waals surface area (Å²) in [6.45, 7) is 2.25. The Morgan fingerprint density at radius 2 is 2.31 bits per heavy atom. The van der Waals surface area contributed by atoms with Crippen LogP contribution in [0.25, 0.3) is 0 Å². The maximum absolute atomic E-state index is 5.68. The lowest BCUT2D eigenvalue weighted by Crippen LogP contribution is -2.43. The van der Waals surface area contributed by atoms with E-state index in [-0.39, 0.29) is 0 Å². The minimum atomic E-state index is 0.695. The number of nitrogens with one attached hydrogen (secondary N) is 1. The second-order valence-electron chi connectivity index (χ2n) is 4.16. The Balaban J connectivity index is 1.66. The van der Waals surface area contributed by atoms with Crippen LogP contribution in [-0.2, 0) is 6.42 Å². The molecule has 1 aliphatic heterocycles. The molecule has 70 valence electrons. The van der Waals surface area contributed by atoms with Crippen molar-refractivity contribution in [3.63, 3.8) is 0 Å². The number of aromatic nitrogens is 1. The summed E-state index contributed by atoms with van der Waals surface area (Å²) in [6.07, 6.45) is 5.51. The summed E-state index contributed by atoms with van der Waals surface area (Å²) in [5, 5.41) is 3.25. The number of hydrogen-bond acceptors (Lipinski definition) is 3. The van der Waals surface area contributed by atoms with Crippen LogP contribution in [-0.4, -0.2) is 18.1 Å². The molecule has 0 radical (unpaired) electrons. The van der Waals surface area contributed by atoms with Crippen molar-refractivity contribution in [2.75, 3.05) is 13.1 Å². The molecule has 0 spiro atoms. The van der Waals surface area contributed by atoms with Gasteiger partial charge in [0.05, 0.1) is 6.20 Å². The van der Waals surface area contributed by atoms with Gasteiger partial charge in [-0.25, -0.2) is 4.98 Å². The number of oxazole rings is 1. The predicted molar refractivity (Wildman–Crippen MR) is 48.5 cm³/mol. The molecule has 0 amide bonds. The summed E-state index contributed by atoms with van der Waals surface area (Å²) < 4.78 is 5.68. The molecule has 13 heavy (non-hydrogen) atoms. The lowest BCUT2D eigenvalue weighted by molar-refractivity contribution is 0.314. The van der Waals surface area contributed by atoms with Crippen LogP contribution >= 0.6 is 0 Å². The van der Waals surface area contributed by atoms with Gasteiger partial charge in [0.2, 0.25) is 0 Å². The van der Waals surface area contributed by atoms with Gasteiger partial charge in [0.1, 0.15) is 5.76 Å². The molecule has 1 N–H and O–H groups in total. The molecule has 0 aromatic carbocycles. The molecule has 1 aromatic heterocycles. The third-order valence-electron chi connectivity index (χ3n) is 2.88. The Morgan fingerprint density at radius 1 is 1.46 bits per heavy atom. The summed E-state index contributed by atoms with van der Waals surface area (Å²) in [6, 6.07) is 0. The Hall–Kier alpha value is -0.830. The fourth-order valence-corrected chi connectivity index (χ4v) is 1.72. The van der Waals surface area contributed by atoms with E-state index in [0.717, 1.165) is 37.1 Å². The lowest BCUT2D eigenvalue weighted by Gasteiger charge is -2.25. The zero-order valence-corrected chi connectivity index (χ0v) is 7.62. The minimum Gasteiger partial charge on any atom is -0.445 e. The van der Waals surface area contributed by atoms with E-state index in [2.05, 4.69) is 10.3 Å². The van der Waals surface area contributed by atoms with Crippen molar-refractivity contribution >= 4 is 0 Å². The quantitative estimate of drug-likeness (QED) is 0.758. The van der Waals surface area contributed by atoms with Gasteiger partial charge in [-0.15, -0.1) is 0 Å². The fraction of sp³-hybridized carbons (Fsp3) is 0.700. The Labute approximate surface area is 77.5 Å². The molecule has 3 heteroatoms. The molecule has 2 heterocycles. The van der Waals surface area contributed by atoms with Crippen molar-refractivity contribution in [1.82, 2.24) is 10.3 Å². The van der Waals surface area contributed by atoms with Crippen molar-refractivity contribution in [1.29, 1.82) is 0 Å². The monoisotopic (exact) mass is 178 g/mol. The molecular formula is C10H14N2O. The lowest BCUT2D eigenvalue weighted by atomic mass is 10.00. The summed E-state index contributed by atoms with van der Waals surface area (Å²) in [5.41, 5.74) is 0. The van der Waals surface area contributed by atoms with Crippen LogP contribution in [0.1, 0.15) is 30.4 Å². The molecule has 1 aliphatic carbocycles. The molecule has 1 aromatic rings. The molecule has 1 saturated heterocycles. The number of nitrogens with zero attached hydrogens (tertiary/aromatic N) is 1. The molecule has 3 nitrogen and oxygen atoms in total. The van der Waals surface area contributed by atoms with Gasteiger partial charge in [0.25, 0.3) is 0 Å². The molecule has 0 unspecified atom stereocenters. The van der Waals surface area contributed by atoms with Crippen molar-refractivity contribution in [2.24, 2.45) is 5.92 Å². The van der Waals surface area contributed by atoms with Gasteiger partial charge in [0.15, 0.2) is 5.89 Å². The van der Waals surface area contributed by atoms with Crippen molar-refractivity contribution in [3.05, 3.63) is 17.8 Å². The van der Waals surface area contributed by atoms with Crippen LogP contribution in [0.5, 0.6) is 0 Å². The van der Waals surface area contributed by atoms with E-state index in [9.17, 15) is 0 Å². The largest absolute Gasteiger partial charge is 0.445 e. The van der Waals surface area contributed by atoms with Crippen molar-refractivity contribution < 1.29 is 4.42 Å². The van der Waals surface area contributed by atoms with E-state index in [1.165, 1.54) is 12.8 Å². The van der Waals surface area contributed by atoms with Crippen molar-refractivity contribution in [2.45, 2.75) is 25.2 Å². The smallest absolute Gasteiger partial charge is 0.194 e. The first-order valence-electron chi connectivity index (χ1n) is 5.07. The second-order valence-corrected chi connectivity index (χ2v) is 4.16. The molecule has 0 atom stereocenters. The first kappa shape index (κ1) is 7.56. The molecule has 2 fully saturated rings. The average molecular weight is 178 g/mol. The van der Waals surface area contributed by atoms with Gasteiger partial charge in [-0.3, -0.25) is 0 Å². The zero-order chi connectivity index (χ0) is 8.67.